The van der Waals surface area contributed by atoms with Crippen LogP contribution in [0.2, 0.25) is 0 Å². The van der Waals surface area contributed by atoms with Crippen molar-refractivity contribution in [3.63, 3.8) is 0 Å². The number of hydrogen-bond acceptors (Lipinski definition) is 6. The molecule has 0 radical (unpaired) electrons. The first-order valence-corrected chi connectivity index (χ1v) is 31.0. The van der Waals surface area contributed by atoms with Crippen molar-refractivity contribution in [2.24, 2.45) is 0 Å². The van der Waals surface area contributed by atoms with Crippen LogP contribution < -0.4 is 0 Å². The van der Waals surface area contributed by atoms with Gasteiger partial charge in [-0.2, -0.15) is 0 Å². The summed E-state index contributed by atoms with van der Waals surface area (Å²) in [5.74, 6) is -0.838. The van der Waals surface area contributed by atoms with Gasteiger partial charge in [-0.3, -0.25) is 14.4 Å². The lowest BCUT2D eigenvalue weighted by molar-refractivity contribution is -0.167. The van der Waals surface area contributed by atoms with Gasteiger partial charge in [-0.25, -0.2) is 0 Å². The zero-order chi connectivity index (χ0) is 49.3. The molecule has 0 N–H and O–H groups in total. The zero-order valence-electron chi connectivity index (χ0n) is 46.4. The molecule has 404 valence electrons. The molecule has 1 atom stereocenters. The molecule has 0 aliphatic heterocycles. The Balaban J connectivity index is 4.03. The van der Waals surface area contributed by atoms with E-state index in [0.717, 1.165) is 57.8 Å². The van der Waals surface area contributed by atoms with Crippen molar-refractivity contribution in [3.05, 3.63) is 0 Å². The number of carbonyl (C=O) groups is 3. The highest BCUT2D eigenvalue weighted by Crippen LogP contribution is 2.18. The van der Waals surface area contributed by atoms with Crippen molar-refractivity contribution in [2.75, 3.05) is 13.2 Å². The SMILES string of the molecule is CCCCCCCCCCCCCCCCCCCCCCCCCCCCCC(=O)OCC(COC(=O)CCCCCCCCCC)OC(=O)CCCCCCCCCCCCCCCCC. The van der Waals surface area contributed by atoms with Gasteiger partial charge in [0.2, 0.25) is 0 Å². The van der Waals surface area contributed by atoms with Gasteiger partial charge in [0.1, 0.15) is 13.2 Å². The first-order valence-electron chi connectivity index (χ1n) is 31.0. The molecule has 6 heteroatoms. The number of esters is 3. The maximum absolute atomic E-state index is 12.8. The summed E-state index contributed by atoms with van der Waals surface area (Å²) in [6, 6.07) is 0. The van der Waals surface area contributed by atoms with Crippen molar-refractivity contribution < 1.29 is 28.6 Å². The van der Waals surface area contributed by atoms with Crippen LogP contribution in [-0.4, -0.2) is 37.2 Å². The van der Waals surface area contributed by atoms with E-state index >= 15 is 0 Å². The first kappa shape index (κ1) is 66.4. The third-order valence-corrected chi connectivity index (χ3v) is 14.4. The third kappa shape index (κ3) is 55.3. The second kappa shape index (κ2) is 58.0. The van der Waals surface area contributed by atoms with Crippen LogP contribution in [0.1, 0.15) is 361 Å². The summed E-state index contributed by atoms with van der Waals surface area (Å²) in [4.78, 5) is 38.0. The molecule has 1 unspecified atom stereocenters. The second-order valence-electron chi connectivity index (χ2n) is 21.3. The van der Waals surface area contributed by atoms with E-state index in [2.05, 4.69) is 20.8 Å². The lowest BCUT2D eigenvalue weighted by Gasteiger charge is -2.18. The Morgan fingerprint density at radius 2 is 0.397 bits per heavy atom. The molecule has 0 bridgehead atoms. The fraction of sp³-hybridized carbons (Fsp3) is 0.952. The standard InChI is InChI=1S/C62H120O6/c1-4-7-10-13-16-19-21-23-25-26-27-28-29-30-31-32-33-34-35-36-38-39-41-43-46-49-52-55-61(64)67-58-59(57-66-60(63)54-51-48-45-18-15-12-9-6-3)68-62(65)56-53-50-47-44-42-40-37-24-22-20-17-14-11-8-5-2/h59H,4-58H2,1-3H3. The highest BCUT2D eigenvalue weighted by atomic mass is 16.6. The van der Waals surface area contributed by atoms with E-state index in [-0.39, 0.29) is 31.1 Å². The summed E-state index contributed by atoms with van der Waals surface area (Å²) in [5.41, 5.74) is 0. The quantitative estimate of drug-likeness (QED) is 0.0343. The summed E-state index contributed by atoms with van der Waals surface area (Å²) in [6.07, 6.45) is 65.6. The van der Waals surface area contributed by atoms with Crippen LogP contribution in [0.4, 0.5) is 0 Å². The van der Waals surface area contributed by atoms with Crippen LogP contribution in [0, 0.1) is 0 Å². The number of carbonyl (C=O) groups excluding carboxylic acids is 3. The molecule has 0 fully saturated rings. The van der Waals surface area contributed by atoms with Gasteiger partial charge in [0.25, 0.3) is 0 Å². The lowest BCUT2D eigenvalue weighted by atomic mass is 10.0. The molecule has 0 aromatic rings. The van der Waals surface area contributed by atoms with E-state index in [0.29, 0.717) is 19.3 Å². The van der Waals surface area contributed by atoms with Gasteiger partial charge in [-0.05, 0) is 19.3 Å². The van der Waals surface area contributed by atoms with Crippen LogP contribution in [-0.2, 0) is 28.6 Å². The number of unbranched alkanes of at least 4 members (excludes halogenated alkanes) is 47. The maximum atomic E-state index is 12.8. The zero-order valence-corrected chi connectivity index (χ0v) is 46.4. The van der Waals surface area contributed by atoms with Gasteiger partial charge >= 0.3 is 17.9 Å². The van der Waals surface area contributed by atoms with Gasteiger partial charge < -0.3 is 14.2 Å². The normalized spacial score (nSPS) is 11.9. The summed E-state index contributed by atoms with van der Waals surface area (Å²) in [5, 5.41) is 0. The van der Waals surface area contributed by atoms with Gasteiger partial charge in [0.05, 0.1) is 0 Å². The fourth-order valence-corrected chi connectivity index (χ4v) is 9.68. The summed E-state index contributed by atoms with van der Waals surface area (Å²) in [7, 11) is 0. The van der Waals surface area contributed by atoms with Crippen molar-refractivity contribution in [1.29, 1.82) is 0 Å². The molecule has 0 amide bonds. The topological polar surface area (TPSA) is 78.9 Å². The van der Waals surface area contributed by atoms with Crippen LogP contribution in [0.15, 0.2) is 0 Å². The lowest BCUT2D eigenvalue weighted by Crippen LogP contribution is -2.30. The summed E-state index contributed by atoms with van der Waals surface area (Å²) >= 11 is 0. The van der Waals surface area contributed by atoms with E-state index in [1.54, 1.807) is 0 Å². The number of rotatable bonds is 58. The largest absolute Gasteiger partial charge is 0.462 e. The molecule has 0 rings (SSSR count). The van der Waals surface area contributed by atoms with Crippen molar-refractivity contribution in [1.82, 2.24) is 0 Å². The highest BCUT2D eigenvalue weighted by molar-refractivity contribution is 5.71. The molecule has 0 heterocycles. The van der Waals surface area contributed by atoms with Gasteiger partial charge in [-0.15, -0.1) is 0 Å². The fourth-order valence-electron chi connectivity index (χ4n) is 9.68. The number of ether oxygens (including phenoxy) is 3. The Bertz CT molecular complexity index is 1010. The minimum atomic E-state index is -0.760. The van der Waals surface area contributed by atoms with E-state index in [1.807, 2.05) is 0 Å². The van der Waals surface area contributed by atoms with Crippen LogP contribution >= 0.6 is 0 Å². The van der Waals surface area contributed by atoms with Crippen molar-refractivity contribution in [3.8, 4) is 0 Å². The molecular weight excluding hydrogens is 841 g/mol. The first-order chi connectivity index (χ1) is 33.5. The molecule has 6 nitrogen and oxygen atoms in total. The monoisotopic (exact) mass is 961 g/mol. The molecule has 68 heavy (non-hydrogen) atoms. The Morgan fingerprint density at radius 1 is 0.235 bits per heavy atom. The molecule has 0 aromatic carbocycles. The predicted molar refractivity (Wildman–Crippen MR) is 294 cm³/mol. The van der Waals surface area contributed by atoms with Gasteiger partial charge in [0, 0.05) is 19.3 Å². The molecule has 0 aliphatic carbocycles. The third-order valence-electron chi connectivity index (χ3n) is 14.4. The van der Waals surface area contributed by atoms with E-state index in [4.69, 9.17) is 14.2 Å². The Hall–Kier alpha value is -1.59. The highest BCUT2D eigenvalue weighted by Gasteiger charge is 2.19. The Kier molecular flexibility index (Phi) is 56.6. The number of hydrogen-bond donors (Lipinski definition) is 0. The molecule has 0 saturated heterocycles. The molecular formula is C62H120O6. The smallest absolute Gasteiger partial charge is 0.306 e. The molecule has 0 spiro atoms. The molecule has 0 aromatic heterocycles. The average molecular weight is 962 g/mol. The van der Waals surface area contributed by atoms with Gasteiger partial charge in [0.15, 0.2) is 6.10 Å². The second-order valence-corrected chi connectivity index (χ2v) is 21.3. The van der Waals surface area contributed by atoms with Crippen molar-refractivity contribution >= 4 is 17.9 Å². The maximum Gasteiger partial charge on any atom is 0.306 e. The predicted octanol–water partition coefficient (Wildman–Crippen LogP) is 20.7. The molecule has 0 saturated carbocycles. The Labute approximate surface area is 425 Å². The van der Waals surface area contributed by atoms with E-state index < -0.39 is 6.10 Å². The van der Waals surface area contributed by atoms with Crippen LogP contribution in [0.25, 0.3) is 0 Å². The van der Waals surface area contributed by atoms with E-state index in [1.165, 1.54) is 263 Å². The molecule has 0 aliphatic rings. The Morgan fingerprint density at radius 3 is 0.588 bits per heavy atom. The van der Waals surface area contributed by atoms with E-state index in [9.17, 15) is 14.4 Å². The van der Waals surface area contributed by atoms with Crippen molar-refractivity contribution in [2.45, 2.75) is 367 Å². The van der Waals surface area contributed by atoms with Gasteiger partial charge in [-0.1, -0.05) is 323 Å². The summed E-state index contributed by atoms with van der Waals surface area (Å²) < 4.78 is 16.8. The van der Waals surface area contributed by atoms with Crippen LogP contribution in [0.3, 0.4) is 0 Å². The van der Waals surface area contributed by atoms with Crippen LogP contribution in [0.5, 0.6) is 0 Å². The minimum absolute atomic E-state index is 0.0615. The summed E-state index contributed by atoms with van der Waals surface area (Å²) in [6.45, 7) is 6.68. The average Bonchev–Trinajstić information content (AvgIpc) is 3.34. The minimum Gasteiger partial charge on any atom is -0.462 e.